The molecule has 6 nitrogen and oxygen atoms in total. The Morgan fingerprint density at radius 3 is 2.30 bits per heavy atom. The van der Waals surface area contributed by atoms with E-state index in [9.17, 15) is 14.7 Å². The highest BCUT2D eigenvalue weighted by atomic mass is 16.4. The van der Waals surface area contributed by atoms with Gasteiger partial charge in [-0.2, -0.15) is 5.10 Å². The van der Waals surface area contributed by atoms with Crippen LogP contribution in [0.2, 0.25) is 0 Å². The molecule has 6 heteroatoms. The number of carbonyl (C=O) groups is 1. The van der Waals surface area contributed by atoms with Crippen LogP contribution in [0.5, 0.6) is 0 Å². The maximum atomic E-state index is 13.0. The molecule has 0 aliphatic carbocycles. The van der Waals surface area contributed by atoms with Crippen molar-refractivity contribution in [2.24, 2.45) is 0 Å². The molecule has 3 rings (SSSR count). The Hall–Kier alpha value is -3.15. The molecule has 1 N–H and O–H groups in total. The maximum Gasteiger partial charge on any atom is 0.346 e. The summed E-state index contributed by atoms with van der Waals surface area (Å²) in [6.07, 6.45) is 8.77. The van der Waals surface area contributed by atoms with Gasteiger partial charge in [-0.25, -0.2) is 14.3 Å². The molecule has 0 amide bonds. The lowest BCUT2D eigenvalue weighted by atomic mass is 9.99. The topological polar surface area (TPSA) is 77.1 Å². The smallest absolute Gasteiger partial charge is 0.346 e. The third-order valence-electron chi connectivity index (χ3n) is 5.96. The minimum absolute atomic E-state index is 0.0488. The fourth-order valence-corrected chi connectivity index (χ4v) is 4.13. The lowest BCUT2D eigenvalue weighted by Crippen LogP contribution is -2.26. The highest BCUT2D eigenvalue weighted by Gasteiger charge is 2.14. The number of unbranched alkanes of at least 4 members (excludes halogenated alkanes) is 5. The predicted octanol–water partition coefficient (Wildman–Crippen LogP) is 5.77. The van der Waals surface area contributed by atoms with Gasteiger partial charge in [0.25, 0.3) is 0 Å². The third kappa shape index (κ3) is 6.44. The van der Waals surface area contributed by atoms with Crippen LogP contribution in [0, 0.1) is 0 Å². The summed E-state index contributed by atoms with van der Waals surface area (Å²) in [5, 5.41) is 14.1. The van der Waals surface area contributed by atoms with Crippen LogP contribution < -0.4 is 5.69 Å². The summed E-state index contributed by atoms with van der Waals surface area (Å²) >= 11 is 0. The quantitative estimate of drug-likeness (QED) is 0.336. The molecule has 0 aliphatic rings. The number of carboxylic acids is 1. The fraction of sp³-hybridized carbons (Fsp3) is 0.444. The van der Waals surface area contributed by atoms with E-state index in [1.165, 1.54) is 25.7 Å². The number of aryl methyl sites for hydroxylation is 2. The van der Waals surface area contributed by atoms with Gasteiger partial charge >= 0.3 is 11.7 Å². The predicted molar refractivity (Wildman–Crippen MR) is 132 cm³/mol. The Labute approximate surface area is 195 Å². The van der Waals surface area contributed by atoms with Gasteiger partial charge in [0, 0.05) is 13.0 Å². The Morgan fingerprint density at radius 1 is 0.909 bits per heavy atom. The van der Waals surface area contributed by atoms with Gasteiger partial charge in [0.05, 0.1) is 12.1 Å². The zero-order valence-electron chi connectivity index (χ0n) is 19.8. The van der Waals surface area contributed by atoms with Crippen LogP contribution in [0.25, 0.3) is 11.1 Å². The molecule has 176 valence electrons. The van der Waals surface area contributed by atoms with Crippen molar-refractivity contribution >= 4 is 5.97 Å². The Kier molecular flexibility index (Phi) is 9.04. The van der Waals surface area contributed by atoms with Gasteiger partial charge in [0.15, 0.2) is 0 Å². The molecule has 0 radical (unpaired) electrons. The number of carboxylic acid groups (broad SMARTS) is 1. The number of aromatic nitrogens is 3. The average molecular weight is 450 g/mol. The molecular weight excluding hydrogens is 414 g/mol. The monoisotopic (exact) mass is 449 g/mol. The molecule has 0 spiro atoms. The average Bonchev–Trinajstić information content (AvgIpc) is 3.11. The Bertz CT molecular complexity index is 1100. The molecule has 1 aromatic heterocycles. The van der Waals surface area contributed by atoms with E-state index in [-0.39, 0.29) is 11.3 Å². The summed E-state index contributed by atoms with van der Waals surface area (Å²) < 4.78 is 3.41. The van der Waals surface area contributed by atoms with Gasteiger partial charge in [0.2, 0.25) is 0 Å². The zero-order chi connectivity index (χ0) is 23.6. The van der Waals surface area contributed by atoms with Crippen LogP contribution >= 0.6 is 0 Å². The van der Waals surface area contributed by atoms with E-state index < -0.39 is 5.97 Å². The van der Waals surface area contributed by atoms with Crippen molar-refractivity contribution in [2.45, 2.75) is 78.3 Å². The first kappa shape index (κ1) is 24.5. The van der Waals surface area contributed by atoms with Crippen LogP contribution in [0.4, 0.5) is 0 Å². The number of nitrogens with zero attached hydrogens (tertiary/aromatic N) is 3. The van der Waals surface area contributed by atoms with E-state index >= 15 is 0 Å². The largest absolute Gasteiger partial charge is 0.478 e. The number of hydrogen-bond acceptors (Lipinski definition) is 3. The van der Waals surface area contributed by atoms with E-state index in [0.717, 1.165) is 42.6 Å². The lowest BCUT2D eigenvalue weighted by molar-refractivity contribution is 0.0697. The fourth-order valence-electron chi connectivity index (χ4n) is 4.13. The first-order valence-corrected chi connectivity index (χ1v) is 12.1. The van der Waals surface area contributed by atoms with Crippen LogP contribution in [0.3, 0.4) is 0 Å². The molecule has 0 aliphatic heterocycles. The minimum Gasteiger partial charge on any atom is -0.478 e. The highest BCUT2D eigenvalue weighted by molar-refractivity contribution is 5.95. The molecular formula is C27H35N3O3. The van der Waals surface area contributed by atoms with Crippen LogP contribution in [-0.4, -0.2) is 25.4 Å². The maximum absolute atomic E-state index is 13.0. The molecule has 0 saturated heterocycles. The second kappa shape index (κ2) is 12.2. The summed E-state index contributed by atoms with van der Waals surface area (Å²) in [5.74, 6) is -0.114. The second-order valence-corrected chi connectivity index (χ2v) is 8.57. The van der Waals surface area contributed by atoms with E-state index in [1.807, 2.05) is 36.4 Å². The van der Waals surface area contributed by atoms with E-state index in [2.05, 4.69) is 18.9 Å². The minimum atomic E-state index is -0.941. The molecule has 3 aromatic rings. The van der Waals surface area contributed by atoms with Crippen molar-refractivity contribution in [3.63, 3.8) is 0 Å². The molecule has 0 fully saturated rings. The van der Waals surface area contributed by atoms with Gasteiger partial charge in [-0.3, -0.25) is 4.57 Å². The van der Waals surface area contributed by atoms with Gasteiger partial charge in [-0.1, -0.05) is 88.4 Å². The van der Waals surface area contributed by atoms with Crippen molar-refractivity contribution in [2.75, 3.05) is 0 Å². The van der Waals surface area contributed by atoms with Crippen LogP contribution in [0.1, 0.15) is 80.5 Å². The van der Waals surface area contributed by atoms with E-state index in [4.69, 9.17) is 0 Å². The van der Waals surface area contributed by atoms with Gasteiger partial charge in [0.1, 0.15) is 5.82 Å². The first-order chi connectivity index (χ1) is 16.0. The van der Waals surface area contributed by atoms with E-state index in [1.54, 1.807) is 21.4 Å². The first-order valence-electron chi connectivity index (χ1n) is 12.1. The Balaban J connectivity index is 1.74. The van der Waals surface area contributed by atoms with Crippen molar-refractivity contribution in [1.82, 2.24) is 14.3 Å². The number of hydrogen-bond donors (Lipinski definition) is 1. The number of benzene rings is 2. The summed E-state index contributed by atoms with van der Waals surface area (Å²) in [6.45, 7) is 5.44. The van der Waals surface area contributed by atoms with Gasteiger partial charge < -0.3 is 5.11 Å². The summed E-state index contributed by atoms with van der Waals surface area (Å²) in [4.78, 5) is 24.6. The summed E-state index contributed by atoms with van der Waals surface area (Å²) in [7, 11) is 0. The molecule has 1 heterocycles. The molecule has 0 saturated carbocycles. The second-order valence-electron chi connectivity index (χ2n) is 8.57. The standard InChI is InChI=1S/C27H35N3O3/c1-3-5-6-7-8-11-19-30-27(33)29(25(28-30)12-4-2)20-21-15-17-22(18-16-21)23-13-9-10-14-24(23)26(31)32/h9-10,13-18H,3-8,11-12,19-20H2,1-2H3,(H,31,32). The number of aromatic carboxylic acids is 1. The summed E-state index contributed by atoms with van der Waals surface area (Å²) in [5.41, 5.74) is 2.75. The van der Waals surface area contributed by atoms with Crippen molar-refractivity contribution in [3.8, 4) is 11.1 Å². The number of rotatable bonds is 13. The molecule has 2 aromatic carbocycles. The van der Waals surface area contributed by atoms with E-state index in [0.29, 0.717) is 18.7 Å². The SMILES string of the molecule is CCCCCCCCn1nc(CCC)n(Cc2ccc(-c3ccccc3C(=O)O)cc2)c1=O. The Morgan fingerprint density at radius 2 is 1.61 bits per heavy atom. The lowest BCUT2D eigenvalue weighted by Gasteiger charge is -2.09. The molecule has 0 bridgehead atoms. The van der Waals surface area contributed by atoms with Gasteiger partial charge in [-0.05, 0) is 35.6 Å². The molecule has 33 heavy (non-hydrogen) atoms. The van der Waals surface area contributed by atoms with Gasteiger partial charge in [-0.15, -0.1) is 0 Å². The normalized spacial score (nSPS) is 11.1. The molecule has 0 atom stereocenters. The van der Waals surface area contributed by atoms with Crippen molar-refractivity contribution < 1.29 is 9.90 Å². The van der Waals surface area contributed by atoms with Crippen LogP contribution in [-0.2, 0) is 19.5 Å². The third-order valence-corrected chi connectivity index (χ3v) is 5.96. The van der Waals surface area contributed by atoms with Crippen molar-refractivity contribution in [3.05, 3.63) is 76.0 Å². The van der Waals surface area contributed by atoms with Crippen LogP contribution in [0.15, 0.2) is 53.3 Å². The molecule has 0 unspecified atom stereocenters. The van der Waals surface area contributed by atoms with Crippen molar-refractivity contribution in [1.29, 1.82) is 0 Å². The summed E-state index contributed by atoms with van der Waals surface area (Å²) in [6, 6.07) is 14.7. The highest BCUT2D eigenvalue weighted by Crippen LogP contribution is 2.24. The zero-order valence-corrected chi connectivity index (χ0v) is 19.8.